The number of rotatable bonds is 15. The van der Waals surface area contributed by atoms with Crippen LogP contribution in [0.3, 0.4) is 0 Å². The van der Waals surface area contributed by atoms with Crippen molar-refractivity contribution in [3.8, 4) is 5.75 Å². The van der Waals surface area contributed by atoms with E-state index in [4.69, 9.17) is 4.74 Å². The number of carbonyl (C=O) groups excluding carboxylic acids is 2. The molecule has 1 unspecified atom stereocenters. The summed E-state index contributed by atoms with van der Waals surface area (Å²) in [5.74, 6) is 0.262. The fourth-order valence-electron chi connectivity index (χ4n) is 4.77. The SMILES string of the molecule is COc1ccccc1N(CCCC(=O)N(Cc1ccccc1C)C(Cc1ccccc1)C(=O)NCC(C)C)S(C)(=O)=O. The fourth-order valence-corrected chi connectivity index (χ4v) is 5.73. The number of methoxy groups -OCH3 is 1. The van der Waals surface area contributed by atoms with Gasteiger partial charge >= 0.3 is 0 Å². The van der Waals surface area contributed by atoms with Crippen molar-refractivity contribution < 1.29 is 22.7 Å². The average Bonchev–Trinajstić information content (AvgIpc) is 2.96. The third kappa shape index (κ3) is 9.34. The Labute approximate surface area is 250 Å². The summed E-state index contributed by atoms with van der Waals surface area (Å²) in [6, 6.07) is 23.7. The van der Waals surface area contributed by atoms with Gasteiger partial charge in [-0.1, -0.05) is 80.6 Å². The lowest BCUT2D eigenvalue weighted by atomic mass is 10.0. The summed E-state index contributed by atoms with van der Waals surface area (Å²) in [6.07, 6.45) is 1.83. The van der Waals surface area contributed by atoms with Gasteiger partial charge in [0.15, 0.2) is 0 Å². The Bertz CT molecular complexity index is 1430. The fraction of sp³-hybridized carbons (Fsp3) is 0.394. The third-order valence-electron chi connectivity index (χ3n) is 7.06. The third-order valence-corrected chi connectivity index (χ3v) is 8.24. The lowest BCUT2D eigenvalue weighted by Crippen LogP contribution is -2.51. The van der Waals surface area contributed by atoms with Crippen LogP contribution in [0.2, 0.25) is 0 Å². The number of hydrogen-bond donors (Lipinski definition) is 1. The molecule has 0 fully saturated rings. The van der Waals surface area contributed by atoms with Crippen LogP contribution < -0.4 is 14.4 Å². The first-order valence-corrected chi connectivity index (χ1v) is 16.1. The van der Waals surface area contributed by atoms with Crippen LogP contribution in [0.25, 0.3) is 0 Å². The maximum absolute atomic E-state index is 14.0. The Morgan fingerprint density at radius 2 is 1.57 bits per heavy atom. The second-order valence-electron chi connectivity index (χ2n) is 10.9. The molecule has 0 bridgehead atoms. The Morgan fingerprint density at radius 1 is 0.929 bits per heavy atom. The van der Waals surface area contributed by atoms with E-state index in [2.05, 4.69) is 5.32 Å². The Balaban J connectivity index is 1.90. The van der Waals surface area contributed by atoms with Gasteiger partial charge in [0.25, 0.3) is 0 Å². The highest BCUT2D eigenvalue weighted by molar-refractivity contribution is 7.92. The van der Waals surface area contributed by atoms with Crippen LogP contribution in [0, 0.1) is 12.8 Å². The van der Waals surface area contributed by atoms with Crippen LogP contribution >= 0.6 is 0 Å². The van der Waals surface area contributed by atoms with Gasteiger partial charge in [-0.15, -0.1) is 0 Å². The van der Waals surface area contributed by atoms with Gasteiger partial charge in [0.2, 0.25) is 21.8 Å². The summed E-state index contributed by atoms with van der Waals surface area (Å²) < 4.78 is 32.1. The average molecular weight is 594 g/mol. The summed E-state index contributed by atoms with van der Waals surface area (Å²) in [7, 11) is -2.16. The molecule has 3 rings (SSSR count). The molecule has 0 aromatic heterocycles. The van der Waals surface area contributed by atoms with Crippen molar-refractivity contribution in [3.63, 3.8) is 0 Å². The zero-order valence-electron chi connectivity index (χ0n) is 25.2. The quantitative estimate of drug-likeness (QED) is 0.269. The zero-order chi connectivity index (χ0) is 30.7. The van der Waals surface area contributed by atoms with Crippen LogP contribution in [0.15, 0.2) is 78.9 Å². The second-order valence-corrected chi connectivity index (χ2v) is 12.8. The Hall–Kier alpha value is -3.85. The highest BCUT2D eigenvalue weighted by atomic mass is 32.2. The molecule has 0 aliphatic rings. The molecule has 1 N–H and O–H groups in total. The molecule has 0 radical (unpaired) electrons. The van der Waals surface area contributed by atoms with Crippen molar-refractivity contribution in [1.82, 2.24) is 10.2 Å². The van der Waals surface area contributed by atoms with Gasteiger partial charge in [-0.3, -0.25) is 13.9 Å². The molecule has 226 valence electrons. The highest BCUT2D eigenvalue weighted by Gasteiger charge is 2.31. The van der Waals surface area contributed by atoms with E-state index < -0.39 is 16.1 Å². The second kappa shape index (κ2) is 15.4. The number of sulfonamides is 1. The van der Waals surface area contributed by atoms with Gasteiger partial charge in [0.1, 0.15) is 11.8 Å². The van der Waals surface area contributed by atoms with Crippen molar-refractivity contribution in [3.05, 3.63) is 95.6 Å². The Kier molecular flexibility index (Phi) is 12.0. The molecular weight excluding hydrogens is 550 g/mol. The first-order valence-electron chi connectivity index (χ1n) is 14.3. The van der Waals surface area contributed by atoms with Crippen molar-refractivity contribution in [2.75, 3.05) is 30.8 Å². The minimum absolute atomic E-state index is 0.0653. The minimum Gasteiger partial charge on any atom is -0.495 e. The number of para-hydroxylation sites is 2. The normalized spacial score (nSPS) is 12.0. The summed E-state index contributed by atoms with van der Waals surface area (Å²) >= 11 is 0. The Morgan fingerprint density at radius 3 is 2.21 bits per heavy atom. The molecule has 1 atom stereocenters. The van der Waals surface area contributed by atoms with Gasteiger partial charge < -0.3 is 15.0 Å². The van der Waals surface area contributed by atoms with E-state index in [0.29, 0.717) is 24.4 Å². The number of anilines is 1. The molecule has 0 aliphatic heterocycles. The van der Waals surface area contributed by atoms with Crippen LogP contribution in [0.5, 0.6) is 5.75 Å². The molecule has 3 aromatic carbocycles. The van der Waals surface area contributed by atoms with E-state index in [-0.39, 0.29) is 43.7 Å². The predicted octanol–water partition coefficient (Wildman–Crippen LogP) is 4.96. The standard InChI is InChI=1S/C33H43N3O5S/c1-25(2)23-34-33(38)30(22-27-15-7-6-8-16-27)35(24-28-17-10-9-14-26(28)3)32(37)20-13-21-36(42(5,39)40)29-18-11-12-19-31(29)41-4/h6-12,14-19,25,30H,13,20-24H2,1-5H3,(H,34,38). The van der Waals surface area contributed by atoms with E-state index in [0.717, 1.165) is 22.9 Å². The largest absolute Gasteiger partial charge is 0.495 e. The number of amides is 2. The van der Waals surface area contributed by atoms with Crippen molar-refractivity contribution in [2.45, 2.75) is 52.6 Å². The van der Waals surface area contributed by atoms with Crippen LogP contribution in [0.1, 0.15) is 43.4 Å². The van der Waals surface area contributed by atoms with Crippen LogP contribution in [-0.4, -0.2) is 57.6 Å². The number of carbonyl (C=O) groups is 2. The lowest BCUT2D eigenvalue weighted by molar-refractivity contribution is -0.141. The zero-order valence-corrected chi connectivity index (χ0v) is 26.1. The van der Waals surface area contributed by atoms with E-state index in [1.54, 1.807) is 29.2 Å². The molecule has 0 saturated heterocycles. The van der Waals surface area contributed by atoms with Crippen LogP contribution in [-0.2, 0) is 32.6 Å². The molecule has 8 nitrogen and oxygen atoms in total. The molecule has 0 spiro atoms. The van der Waals surface area contributed by atoms with Crippen molar-refractivity contribution in [1.29, 1.82) is 0 Å². The van der Waals surface area contributed by atoms with E-state index in [1.165, 1.54) is 11.4 Å². The maximum Gasteiger partial charge on any atom is 0.243 e. The summed E-state index contributed by atoms with van der Waals surface area (Å²) in [4.78, 5) is 29.3. The number of ether oxygens (including phenoxy) is 1. The van der Waals surface area contributed by atoms with Gasteiger partial charge in [0, 0.05) is 32.5 Å². The maximum atomic E-state index is 14.0. The number of benzene rings is 3. The van der Waals surface area contributed by atoms with Gasteiger partial charge in [-0.25, -0.2) is 8.42 Å². The summed E-state index contributed by atoms with van der Waals surface area (Å²) in [6.45, 7) is 6.89. The first-order chi connectivity index (χ1) is 20.0. The van der Waals surface area contributed by atoms with Crippen molar-refractivity contribution in [2.24, 2.45) is 5.92 Å². The minimum atomic E-state index is -3.64. The summed E-state index contributed by atoms with van der Waals surface area (Å²) in [5, 5.41) is 3.03. The van der Waals surface area contributed by atoms with E-state index in [9.17, 15) is 18.0 Å². The van der Waals surface area contributed by atoms with Gasteiger partial charge in [0.05, 0.1) is 19.1 Å². The predicted molar refractivity (Wildman–Crippen MR) is 168 cm³/mol. The van der Waals surface area contributed by atoms with E-state index in [1.807, 2.05) is 75.4 Å². The highest BCUT2D eigenvalue weighted by Crippen LogP contribution is 2.30. The van der Waals surface area contributed by atoms with Crippen LogP contribution in [0.4, 0.5) is 5.69 Å². The molecule has 0 heterocycles. The lowest BCUT2D eigenvalue weighted by Gasteiger charge is -2.32. The number of nitrogens with zero attached hydrogens (tertiary/aromatic N) is 2. The molecule has 42 heavy (non-hydrogen) atoms. The number of nitrogens with one attached hydrogen (secondary N) is 1. The first kappa shape index (κ1) is 32.7. The molecule has 9 heteroatoms. The van der Waals surface area contributed by atoms with E-state index >= 15 is 0 Å². The summed E-state index contributed by atoms with van der Waals surface area (Å²) in [5.41, 5.74) is 3.34. The molecule has 2 amide bonds. The molecule has 0 saturated carbocycles. The van der Waals surface area contributed by atoms with Crippen molar-refractivity contribution >= 4 is 27.5 Å². The topological polar surface area (TPSA) is 96.0 Å². The monoisotopic (exact) mass is 593 g/mol. The number of aryl methyl sites for hydroxylation is 1. The molecule has 3 aromatic rings. The van der Waals surface area contributed by atoms with Gasteiger partial charge in [-0.2, -0.15) is 0 Å². The molecular formula is C33H43N3O5S. The smallest absolute Gasteiger partial charge is 0.243 e. The number of hydrogen-bond acceptors (Lipinski definition) is 5. The molecule has 0 aliphatic carbocycles. The van der Waals surface area contributed by atoms with Gasteiger partial charge in [-0.05, 0) is 48.1 Å².